The molecule has 0 unspecified atom stereocenters. The lowest BCUT2D eigenvalue weighted by Gasteiger charge is -2.03. The fourth-order valence-corrected chi connectivity index (χ4v) is 1.39. The quantitative estimate of drug-likeness (QED) is 0.661. The van der Waals surface area contributed by atoms with Gasteiger partial charge in [0.15, 0.2) is 0 Å². The maximum atomic E-state index is 5.87. The first-order valence-electron chi connectivity index (χ1n) is 5.25. The van der Waals surface area contributed by atoms with Crippen LogP contribution in [0.2, 0.25) is 0 Å². The van der Waals surface area contributed by atoms with Crippen LogP contribution in [0.25, 0.3) is 0 Å². The Morgan fingerprint density at radius 1 is 1.33 bits per heavy atom. The monoisotopic (exact) mass is 224 g/mol. The molecule has 2 heteroatoms. The maximum absolute atomic E-state index is 5.87. The first-order chi connectivity index (χ1) is 7.33. The molecule has 0 aliphatic heterocycles. The van der Waals surface area contributed by atoms with Crippen LogP contribution in [-0.2, 0) is 11.3 Å². The molecule has 0 N–H and O–H groups in total. The van der Waals surface area contributed by atoms with Gasteiger partial charge in [0.2, 0.25) is 0 Å². The van der Waals surface area contributed by atoms with Crippen molar-refractivity contribution in [2.24, 2.45) is 0 Å². The van der Waals surface area contributed by atoms with Crippen LogP contribution in [0.15, 0.2) is 41.4 Å². The van der Waals surface area contributed by atoms with Crippen LogP contribution >= 0.6 is 11.6 Å². The fraction of sp³-hybridized carbons (Fsp3) is 0.385. The first-order valence-corrected chi connectivity index (χ1v) is 5.63. The standard InChI is InChI=1S/C13H17ClO/c1-2-13(14)9-6-10-15-11-12-7-4-3-5-8-12/h2-5,7-8H,6,9-11H2,1H3/b13-2+. The normalized spacial score (nSPS) is 11.7. The van der Waals surface area contributed by atoms with Crippen LogP contribution in [-0.4, -0.2) is 6.61 Å². The molecule has 82 valence electrons. The lowest BCUT2D eigenvalue weighted by molar-refractivity contribution is 0.119. The van der Waals surface area contributed by atoms with Gasteiger partial charge in [-0.3, -0.25) is 0 Å². The molecular weight excluding hydrogens is 208 g/mol. The molecule has 1 rings (SSSR count). The molecule has 0 aliphatic carbocycles. The number of ether oxygens (including phenoxy) is 1. The van der Waals surface area contributed by atoms with Gasteiger partial charge < -0.3 is 4.74 Å². The van der Waals surface area contributed by atoms with E-state index in [-0.39, 0.29) is 0 Å². The molecule has 0 amide bonds. The first kappa shape index (κ1) is 12.3. The van der Waals surface area contributed by atoms with E-state index in [4.69, 9.17) is 16.3 Å². The van der Waals surface area contributed by atoms with Gasteiger partial charge in [0.25, 0.3) is 0 Å². The lowest BCUT2D eigenvalue weighted by Crippen LogP contribution is -1.95. The summed E-state index contributed by atoms with van der Waals surface area (Å²) < 4.78 is 5.53. The SMILES string of the molecule is C/C=C(/Cl)CCCOCc1ccccc1. The molecule has 0 aliphatic rings. The van der Waals surface area contributed by atoms with Crippen LogP contribution in [0.1, 0.15) is 25.3 Å². The zero-order chi connectivity index (χ0) is 10.9. The molecule has 0 saturated heterocycles. The lowest BCUT2D eigenvalue weighted by atomic mass is 10.2. The van der Waals surface area contributed by atoms with Gasteiger partial charge in [-0.1, -0.05) is 48.0 Å². The van der Waals surface area contributed by atoms with Gasteiger partial charge in [0.1, 0.15) is 0 Å². The van der Waals surface area contributed by atoms with Crippen LogP contribution in [0.3, 0.4) is 0 Å². The minimum atomic E-state index is 0.689. The highest BCUT2D eigenvalue weighted by atomic mass is 35.5. The summed E-state index contributed by atoms with van der Waals surface area (Å²) >= 11 is 5.87. The van der Waals surface area contributed by atoms with Crippen LogP contribution in [0.5, 0.6) is 0 Å². The smallest absolute Gasteiger partial charge is 0.0716 e. The third kappa shape index (κ3) is 5.60. The second-order valence-electron chi connectivity index (χ2n) is 3.38. The van der Waals surface area contributed by atoms with E-state index in [0.717, 1.165) is 24.5 Å². The Bertz CT molecular complexity index is 293. The highest BCUT2D eigenvalue weighted by molar-refractivity contribution is 6.29. The van der Waals surface area contributed by atoms with Gasteiger partial charge in [-0.25, -0.2) is 0 Å². The molecule has 0 aromatic heterocycles. The van der Waals surface area contributed by atoms with Crippen LogP contribution < -0.4 is 0 Å². The second-order valence-corrected chi connectivity index (χ2v) is 3.86. The van der Waals surface area contributed by atoms with Crippen molar-refractivity contribution in [2.75, 3.05) is 6.61 Å². The molecule has 0 radical (unpaired) electrons. The minimum absolute atomic E-state index is 0.689. The zero-order valence-electron chi connectivity index (χ0n) is 9.08. The zero-order valence-corrected chi connectivity index (χ0v) is 9.83. The summed E-state index contributed by atoms with van der Waals surface area (Å²) in [4.78, 5) is 0. The number of hydrogen-bond acceptors (Lipinski definition) is 1. The van der Waals surface area contributed by atoms with E-state index in [9.17, 15) is 0 Å². The van der Waals surface area contributed by atoms with Gasteiger partial charge in [-0.2, -0.15) is 0 Å². The van der Waals surface area contributed by atoms with Crippen molar-refractivity contribution in [3.05, 3.63) is 47.0 Å². The maximum Gasteiger partial charge on any atom is 0.0716 e. The minimum Gasteiger partial charge on any atom is -0.377 e. The van der Waals surface area contributed by atoms with E-state index in [0.29, 0.717) is 6.61 Å². The summed E-state index contributed by atoms with van der Waals surface area (Å²) in [6, 6.07) is 10.2. The van der Waals surface area contributed by atoms with E-state index in [1.807, 2.05) is 31.2 Å². The number of allylic oxidation sites excluding steroid dienone is 2. The predicted octanol–water partition coefficient (Wildman–Crippen LogP) is 4.13. The largest absolute Gasteiger partial charge is 0.377 e. The van der Waals surface area contributed by atoms with Crippen LogP contribution in [0, 0.1) is 0 Å². The highest BCUT2D eigenvalue weighted by Gasteiger charge is 1.93. The Hall–Kier alpha value is -0.790. The Morgan fingerprint density at radius 3 is 2.73 bits per heavy atom. The third-order valence-corrected chi connectivity index (χ3v) is 2.54. The van der Waals surface area contributed by atoms with E-state index >= 15 is 0 Å². The average molecular weight is 225 g/mol. The molecule has 1 aromatic carbocycles. The average Bonchev–Trinajstić information content (AvgIpc) is 2.29. The van der Waals surface area contributed by atoms with E-state index in [2.05, 4.69) is 12.1 Å². The fourth-order valence-electron chi connectivity index (χ4n) is 1.25. The van der Waals surface area contributed by atoms with Crippen molar-refractivity contribution >= 4 is 11.6 Å². The van der Waals surface area contributed by atoms with Crippen molar-refractivity contribution in [2.45, 2.75) is 26.4 Å². The molecule has 0 heterocycles. The molecule has 0 atom stereocenters. The summed E-state index contributed by atoms with van der Waals surface area (Å²) in [7, 11) is 0. The number of rotatable bonds is 6. The summed E-state index contributed by atoms with van der Waals surface area (Å²) in [6.07, 6.45) is 3.82. The van der Waals surface area contributed by atoms with E-state index < -0.39 is 0 Å². The second kappa shape index (κ2) is 7.49. The van der Waals surface area contributed by atoms with Crippen LogP contribution in [0.4, 0.5) is 0 Å². The molecule has 0 fully saturated rings. The summed E-state index contributed by atoms with van der Waals surface area (Å²) in [5.41, 5.74) is 1.22. The third-order valence-electron chi connectivity index (χ3n) is 2.13. The molecule has 0 bridgehead atoms. The Labute approximate surface area is 96.7 Å². The molecule has 15 heavy (non-hydrogen) atoms. The summed E-state index contributed by atoms with van der Waals surface area (Å²) in [5.74, 6) is 0. The molecule has 1 aromatic rings. The van der Waals surface area contributed by atoms with Crippen molar-refractivity contribution in [3.63, 3.8) is 0 Å². The summed E-state index contributed by atoms with van der Waals surface area (Å²) in [6.45, 7) is 3.40. The van der Waals surface area contributed by atoms with Gasteiger partial charge in [0.05, 0.1) is 6.61 Å². The number of hydrogen-bond donors (Lipinski definition) is 0. The van der Waals surface area contributed by atoms with Gasteiger partial charge in [-0.15, -0.1) is 0 Å². The Morgan fingerprint density at radius 2 is 2.07 bits per heavy atom. The topological polar surface area (TPSA) is 9.23 Å². The Kier molecular flexibility index (Phi) is 6.14. The summed E-state index contributed by atoms with van der Waals surface area (Å²) in [5, 5.41) is 0.915. The van der Waals surface area contributed by atoms with Gasteiger partial charge in [-0.05, 0) is 25.3 Å². The predicted molar refractivity (Wildman–Crippen MR) is 64.9 cm³/mol. The van der Waals surface area contributed by atoms with E-state index in [1.54, 1.807) is 0 Å². The molecular formula is C13H17ClO. The number of benzene rings is 1. The Balaban J connectivity index is 2.08. The van der Waals surface area contributed by atoms with E-state index in [1.165, 1.54) is 5.56 Å². The highest BCUT2D eigenvalue weighted by Crippen LogP contribution is 2.09. The number of halogens is 1. The van der Waals surface area contributed by atoms with Crippen molar-refractivity contribution in [3.8, 4) is 0 Å². The molecule has 0 saturated carbocycles. The molecule has 0 spiro atoms. The van der Waals surface area contributed by atoms with Crippen molar-refractivity contribution in [1.29, 1.82) is 0 Å². The molecule has 1 nitrogen and oxygen atoms in total. The van der Waals surface area contributed by atoms with Crippen molar-refractivity contribution < 1.29 is 4.74 Å². The van der Waals surface area contributed by atoms with Gasteiger partial charge >= 0.3 is 0 Å². The van der Waals surface area contributed by atoms with Gasteiger partial charge in [0, 0.05) is 11.6 Å². The van der Waals surface area contributed by atoms with Crippen molar-refractivity contribution in [1.82, 2.24) is 0 Å².